The number of benzene rings is 3. The molecule has 1 aliphatic heterocycles. The van der Waals surface area contributed by atoms with Crippen LogP contribution in [-0.4, -0.2) is 10.3 Å². The van der Waals surface area contributed by atoms with E-state index in [2.05, 4.69) is 21.4 Å². The first kappa shape index (κ1) is 17.6. The van der Waals surface area contributed by atoms with E-state index in [0.717, 1.165) is 32.7 Å². The van der Waals surface area contributed by atoms with Crippen molar-refractivity contribution in [1.29, 1.82) is 0 Å². The Labute approximate surface area is 166 Å². The molecule has 0 bridgehead atoms. The first-order chi connectivity index (χ1) is 13.1. The number of nitrogens with one attached hydrogen (secondary N) is 1. The molecule has 0 aliphatic carbocycles. The summed E-state index contributed by atoms with van der Waals surface area (Å²) in [5, 5.41) is 13.7. The van der Waals surface area contributed by atoms with E-state index in [9.17, 15) is 5.11 Å². The van der Waals surface area contributed by atoms with E-state index in [1.165, 1.54) is 5.23 Å². The number of para-hydroxylation sites is 1. The van der Waals surface area contributed by atoms with Crippen molar-refractivity contribution in [2.24, 2.45) is 5.84 Å². The Kier molecular flexibility index (Phi) is 4.85. The highest BCUT2D eigenvalue weighted by Crippen LogP contribution is 2.34. The highest BCUT2D eigenvalue weighted by Gasteiger charge is 2.30. The Bertz CT molecular complexity index is 973. The molecule has 0 saturated carbocycles. The molecule has 3 aromatic carbocycles. The molecular formula is C21H19BrN4O. The topological polar surface area (TPSA) is 64.8 Å². The highest BCUT2D eigenvalue weighted by atomic mass is 79.9. The van der Waals surface area contributed by atoms with Gasteiger partial charge in [-0.25, -0.2) is 10.9 Å². The van der Waals surface area contributed by atoms with Gasteiger partial charge in [0, 0.05) is 16.5 Å². The van der Waals surface area contributed by atoms with Crippen molar-refractivity contribution < 1.29 is 5.11 Å². The first-order valence-electron chi connectivity index (χ1n) is 8.56. The third-order valence-electron chi connectivity index (χ3n) is 4.47. The van der Waals surface area contributed by atoms with Crippen LogP contribution in [0.15, 0.2) is 89.0 Å². The highest BCUT2D eigenvalue weighted by molar-refractivity contribution is 9.10. The quantitative estimate of drug-likeness (QED) is 0.550. The summed E-state index contributed by atoms with van der Waals surface area (Å²) in [6, 6.07) is 25.3. The average Bonchev–Trinajstić information content (AvgIpc) is 3.01. The van der Waals surface area contributed by atoms with Crippen LogP contribution in [0.5, 0.6) is 5.75 Å². The molecule has 0 unspecified atom stereocenters. The number of allylic oxidation sites excluding steroid dienone is 1. The molecule has 1 heterocycles. The van der Waals surface area contributed by atoms with Gasteiger partial charge >= 0.3 is 0 Å². The largest absolute Gasteiger partial charge is 0.508 e. The van der Waals surface area contributed by atoms with Gasteiger partial charge in [0.05, 0.1) is 17.1 Å². The van der Waals surface area contributed by atoms with Crippen LogP contribution in [0.25, 0.3) is 5.70 Å². The number of hydrogen-bond acceptors (Lipinski definition) is 5. The summed E-state index contributed by atoms with van der Waals surface area (Å²) in [7, 11) is 0. The summed E-state index contributed by atoms with van der Waals surface area (Å²) in [4.78, 5) is 0. The lowest BCUT2D eigenvalue weighted by Gasteiger charge is -2.27. The molecule has 4 rings (SSSR count). The van der Waals surface area contributed by atoms with Gasteiger partial charge in [0.15, 0.2) is 0 Å². The summed E-state index contributed by atoms with van der Waals surface area (Å²) < 4.78 is 0.997. The number of hydrogen-bond donors (Lipinski definition) is 3. The molecule has 0 spiro atoms. The predicted octanol–water partition coefficient (Wildman–Crippen LogP) is 4.18. The normalized spacial score (nSPS) is 14.5. The second-order valence-corrected chi connectivity index (χ2v) is 7.15. The van der Waals surface area contributed by atoms with Gasteiger partial charge in [-0.15, -0.1) is 0 Å². The number of phenols is 1. The van der Waals surface area contributed by atoms with Crippen LogP contribution in [0.3, 0.4) is 0 Å². The Hall–Kier alpha value is -2.80. The van der Waals surface area contributed by atoms with Crippen molar-refractivity contribution in [3.63, 3.8) is 0 Å². The van der Waals surface area contributed by atoms with Gasteiger partial charge in [-0.05, 0) is 35.9 Å². The Morgan fingerprint density at radius 2 is 1.56 bits per heavy atom. The fourth-order valence-electron chi connectivity index (χ4n) is 3.17. The number of phenolic OH excluding ortho intramolecular Hbond substituents is 1. The van der Waals surface area contributed by atoms with Crippen molar-refractivity contribution >= 4 is 27.3 Å². The van der Waals surface area contributed by atoms with Crippen molar-refractivity contribution in [3.05, 3.63) is 100 Å². The minimum Gasteiger partial charge on any atom is -0.508 e. The summed E-state index contributed by atoms with van der Waals surface area (Å²) in [5.41, 5.74) is 7.88. The molecule has 0 aromatic heterocycles. The van der Waals surface area contributed by atoms with E-state index < -0.39 is 0 Å². The third-order valence-corrected chi connectivity index (χ3v) is 5.00. The van der Waals surface area contributed by atoms with Crippen molar-refractivity contribution in [2.45, 2.75) is 6.42 Å². The summed E-state index contributed by atoms with van der Waals surface area (Å²) >= 11 is 3.47. The lowest BCUT2D eigenvalue weighted by Crippen LogP contribution is -2.49. The van der Waals surface area contributed by atoms with E-state index in [0.29, 0.717) is 6.42 Å². The molecule has 1 aliphatic rings. The van der Waals surface area contributed by atoms with Gasteiger partial charge in [-0.3, -0.25) is 5.43 Å². The zero-order chi connectivity index (χ0) is 18.8. The number of hydrazine groups is 3. The number of nitrogens with zero attached hydrogens (tertiary/aromatic N) is 2. The maximum absolute atomic E-state index is 10.3. The second kappa shape index (κ2) is 7.44. The van der Waals surface area contributed by atoms with Crippen LogP contribution in [0.4, 0.5) is 5.69 Å². The second-order valence-electron chi connectivity index (χ2n) is 6.24. The monoisotopic (exact) mass is 422 g/mol. The minimum atomic E-state index is 0.267. The van der Waals surface area contributed by atoms with Crippen molar-refractivity contribution in [3.8, 4) is 5.75 Å². The molecule has 27 heavy (non-hydrogen) atoms. The molecule has 5 nitrogen and oxygen atoms in total. The molecule has 3 aromatic rings. The Morgan fingerprint density at radius 1 is 0.889 bits per heavy atom. The fraction of sp³-hybridized carbons (Fsp3) is 0.0476. The summed E-state index contributed by atoms with van der Waals surface area (Å²) in [5.74, 6) is 6.56. The summed E-state index contributed by atoms with van der Waals surface area (Å²) in [6.45, 7) is 0. The van der Waals surface area contributed by atoms with Gasteiger partial charge in [-0.2, -0.15) is 0 Å². The van der Waals surface area contributed by atoms with E-state index in [4.69, 9.17) is 5.84 Å². The summed E-state index contributed by atoms with van der Waals surface area (Å²) in [6.07, 6.45) is 0.521. The zero-order valence-corrected chi connectivity index (χ0v) is 16.1. The van der Waals surface area contributed by atoms with Crippen molar-refractivity contribution in [1.82, 2.24) is 10.7 Å². The predicted molar refractivity (Wildman–Crippen MR) is 111 cm³/mol. The SMILES string of the molecule is NN1NC(c2ccccc2)=C(Cc2ccccc2O)N1c1ccc(Br)cc1. The van der Waals surface area contributed by atoms with Crippen molar-refractivity contribution in [2.75, 3.05) is 5.01 Å². The zero-order valence-electron chi connectivity index (χ0n) is 14.5. The molecule has 0 fully saturated rings. The number of aromatic hydroxyl groups is 1. The minimum absolute atomic E-state index is 0.267. The van der Waals surface area contributed by atoms with Gasteiger partial charge in [0.2, 0.25) is 0 Å². The molecule has 6 heteroatoms. The van der Waals surface area contributed by atoms with E-state index >= 15 is 0 Å². The van der Waals surface area contributed by atoms with Crippen LogP contribution in [0.1, 0.15) is 11.1 Å². The number of anilines is 1. The number of rotatable bonds is 4. The van der Waals surface area contributed by atoms with Crippen LogP contribution in [-0.2, 0) is 6.42 Å². The number of halogens is 1. The molecule has 0 radical (unpaired) electrons. The maximum atomic E-state index is 10.3. The molecule has 0 saturated heterocycles. The van der Waals surface area contributed by atoms with Crippen LogP contribution < -0.4 is 16.3 Å². The van der Waals surface area contributed by atoms with Crippen LogP contribution >= 0.6 is 15.9 Å². The number of nitrogens with two attached hydrogens (primary N) is 1. The van der Waals surface area contributed by atoms with Gasteiger partial charge < -0.3 is 5.11 Å². The molecular weight excluding hydrogens is 404 g/mol. The smallest absolute Gasteiger partial charge is 0.119 e. The Balaban J connectivity index is 1.83. The maximum Gasteiger partial charge on any atom is 0.119 e. The van der Waals surface area contributed by atoms with Gasteiger partial charge in [0.25, 0.3) is 0 Å². The van der Waals surface area contributed by atoms with Gasteiger partial charge in [0.1, 0.15) is 5.75 Å². The van der Waals surface area contributed by atoms with E-state index in [-0.39, 0.29) is 5.75 Å². The van der Waals surface area contributed by atoms with E-state index in [1.807, 2.05) is 77.8 Å². The van der Waals surface area contributed by atoms with E-state index in [1.54, 1.807) is 6.07 Å². The lowest BCUT2D eigenvalue weighted by molar-refractivity contribution is 0.249. The molecule has 4 N–H and O–H groups in total. The first-order valence-corrected chi connectivity index (χ1v) is 9.35. The molecule has 0 amide bonds. The van der Waals surface area contributed by atoms with Crippen LogP contribution in [0, 0.1) is 0 Å². The fourth-order valence-corrected chi connectivity index (χ4v) is 3.43. The van der Waals surface area contributed by atoms with Crippen LogP contribution in [0.2, 0.25) is 0 Å². The Morgan fingerprint density at radius 3 is 2.26 bits per heavy atom. The third kappa shape index (κ3) is 3.55. The lowest BCUT2D eigenvalue weighted by atomic mass is 10.0. The standard InChI is InChI=1S/C21H19BrN4O/c22-17-10-12-18(13-11-17)25-19(14-16-8-4-5-9-20(16)27)21(24-26(25)23)15-6-2-1-3-7-15/h1-13,24,27H,14,23H2. The molecule has 136 valence electrons. The van der Waals surface area contributed by atoms with Gasteiger partial charge in [-0.1, -0.05) is 69.7 Å². The average molecular weight is 423 g/mol. The molecule has 0 atom stereocenters.